The summed E-state index contributed by atoms with van der Waals surface area (Å²) in [7, 11) is 0. The van der Waals surface area contributed by atoms with Gasteiger partial charge in [-0.3, -0.25) is 0 Å². The summed E-state index contributed by atoms with van der Waals surface area (Å²) in [6, 6.07) is 17.3. The van der Waals surface area contributed by atoms with Gasteiger partial charge in [-0.25, -0.2) is 0 Å². The van der Waals surface area contributed by atoms with Gasteiger partial charge in [0.1, 0.15) is 6.07 Å². The molecule has 0 aliphatic heterocycles. The van der Waals surface area contributed by atoms with E-state index in [9.17, 15) is 0 Å². The van der Waals surface area contributed by atoms with Crippen molar-refractivity contribution in [2.75, 3.05) is 11.9 Å². The van der Waals surface area contributed by atoms with E-state index >= 15 is 0 Å². The Bertz CT molecular complexity index is 627. The zero-order valence-corrected chi connectivity index (χ0v) is 11.1. The van der Waals surface area contributed by atoms with E-state index in [4.69, 9.17) is 16.9 Å². The summed E-state index contributed by atoms with van der Waals surface area (Å²) in [5.74, 6) is 0. The molecule has 0 fully saturated rings. The summed E-state index contributed by atoms with van der Waals surface area (Å²) < 4.78 is 0. The molecular weight excluding hydrogens is 256 g/mol. The Kier molecular flexibility index (Phi) is 4.22. The first kappa shape index (κ1) is 13.2. The van der Waals surface area contributed by atoms with Crippen LogP contribution >= 0.6 is 11.6 Å². The SMILES string of the molecule is C=C(CNc1ccc(C#N)c(Cl)c1)c1ccccc1. The number of anilines is 1. The molecule has 94 valence electrons. The van der Waals surface area contributed by atoms with Gasteiger partial charge in [-0.15, -0.1) is 0 Å². The van der Waals surface area contributed by atoms with Crippen LogP contribution in [0.1, 0.15) is 11.1 Å². The van der Waals surface area contributed by atoms with Crippen molar-refractivity contribution < 1.29 is 0 Å². The van der Waals surface area contributed by atoms with Gasteiger partial charge in [0, 0.05) is 12.2 Å². The molecule has 0 aliphatic rings. The first-order valence-electron chi connectivity index (χ1n) is 5.87. The van der Waals surface area contributed by atoms with E-state index in [1.54, 1.807) is 12.1 Å². The molecule has 2 aromatic rings. The fraction of sp³-hybridized carbons (Fsp3) is 0.0625. The van der Waals surface area contributed by atoms with Crippen LogP contribution in [-0.4, -0.2) is 6.54 Å². The monoisotopic (exact) mass is 268 g/mol. The number of nitrogens with one attached hydrogen (secondary N) is 1. The van der Waals surface area contributed by atoms with Gasteiger partial charge in [-0.05, 0) is 29.3 Å². The van der Waals surface area contributed by atoms with Gasteiger partial charge in [-0.2, -0.15) is 5.26 Å². The molecule has 0 bridgehead atoms. The van der Waals surface area contributed by atoms with Crippen LogP contribution in [0.5, 0.6) is 0 Å². The molecule has 0 heterocycles. The van der Waals surface area contributed by atoms with E-state index in [2.05, 4.69) is 11.9 Å². The molecule has 0 amide bonds. The number of nitrogens with zero attached hydrogens (tertiary/aromatic N) is 1. The van der Waals surface area contributed by atoms with E-state index < -0.39 is 0 Å². The fourth-order valence-corrected chi connectivity index (χ4v) is 1.92. The van der Waals surface area contributed by atoms with E-state index in [1.165, 1.54) is 0 Å². The number of rotatable bonds is 4. The van der Waals surface area contributed by atoms with Crippen molar-refractivity contribution in [2.24, 2.45) is 0 Å². The van der Waals surface area contributed by atoms with Crippen molar-refractivity contribution in [3.05, 3.63) is 71.3 Å². The Balaban J connectivity index is 2.02. The van der Waals surface area contributed by atoms with E-state index in [0.717, 1.165) is 16.8 Å². The molecule has 3 heteroatoms. The normalized spacial score (nSPS) is 9.68. The molecule has 0 aromatic heterocycles. The van der Waals surface area contributed by atoms with Crippen LogP contribution < -0.4 is 5.32 Å². The molecule has 2 aromatic carbocycles. The van der Waals surface area contributed by atoms with E-state index in [0.29, 0.717) is 17.1 Å². The average Bonchev–Trinajstić information content (AvgIpc) is 2.46. The Labute approximate surface area is 118 Å². The van der Waals surface area contributed by atoms with Crippen LogP contribution in [-0.2, 0) is 0 Å². The Morgan fingerprint density at radius 3 is 2.58 bits per heavy atom. The van der Waals surface area contributed by atoms with Crippen molar-refractivity contribution in [1.82, 2.24) is 0 Å². The van der Waals surface area contributed by atoms with Crippen LogP contribution in [0, 0.1) is 11.3 Å². The molecule has 19 heavy (non-hydrogen) atoms. The molecule has 2 nitrogen and oxygen atoms in total. The zero-order chi connectivity index (χ0) is 13.7. The highest BCUT2D eigenvalue weighted by molar-refractivity contribution is 6.32. The summed E-state index contributed by atoms with van der Waals surface area (Å²) in [6.45, 7) is 4.68. The Morgan fingerprint density at radius 1 is 1.21 bits per heavy atom. The van der Waals surface area contributed by atoms with Gasteiger partial charge in [0.25, 0.3) is 0 Å². The lowest BCUT2D eigenvalue weighted by Crippen LogP contribution is -2.03. The maximum atomic E-state index is 8.81. The van der Waals surface area contributed by atoms with Crippen molar-refractivity contribution >= 4 is 22.9 Å². The van der Waals surface area contributed by atoms with Crippen LogP contribution in [0.2, 0.25) is 5.02 Å². The fourth-order valence-electron chi connectivity index (χ4n) is 1.70. The quantitative estimate of drug-likeness (QED) is 0.895. The highest BCUT2D eigenvalue weighted by atomic mass is 35.5. The minimum absolute atomic E-state index is 0.456. The highest BCUT2D eigenvalue weighted by Gasteiger charge is 2.02. The second-order valence-electron chi connectivity index (χ2n) is 4.13. The second-order valence-corrected chi connectivity index (χ2v) is 4.54. The van der Waals surface area contributed by atoms with E-state index in [1.807, 2.05) is 42.5 Å². The van der Waals surface area contributed by atoms with Crippen LogP contribution in [0.3, 0.4) is 0 Å². The average molecular weight is 269 g/mol. The Hall–Kier alpha value is -2.24. The minimum atomic E-state index is 0.456. The number of hydrogen-bond acceptors (Lipinski definition) is 2. The van der Waals surface area contributed by atoms with Crippen molar-refractivity contribution in [3.63, 3.8) is 0 Å². The maximum absolute atomic E-state index is 8.81. The first-order chi connectivity index (χ1) is 9.20. The van der Waals surface area contributed by atoms with Gasteiger partial charge in [0.15, 0.2) is 0 Å². The van der Waals surface area contributed by atoms with Gasteiger partial charge < -0.3 is 5.32 Å². The van der Waals surface area contributed by atoms with Crippen molar-refractivity contribution in [2.45, 2.75) is 0 Å². The summed E-state index contributed by atoms with van der Waals surface area (Å²) in [5, 5.41) is 12.5. The number of hydrogen-bond donors (Lipinski definition) is 1. The zero-order valence-electron chi connectivity index (χ0n) is 10.4. The molecule has 1 N–H and O–H groups in total. The molecule has 0 radical (unpaired) electrons. The van der Waals surface area contributed by atoms with Gasteiger partial charge >= 0.3 is 0 Å². The topological polar surface area (TPSA) is 35.8 Å². The third-order valence-electron chi connectivity index (χ3n) is 2.78. The van der Waals surface area contributed by atoms with Gasteiger partial charge in [0.2, 0.25) is 0 Å². The maximum Gasteiger partial charge on any atom is 0.101 e. The minimum Gasteiger partial charge on any atom is -0.381 e. The van der Waals surface area contributed by atoms with Crippen molar-refractivity contribution in [3.8, 4) is 6.07 Å². The molecular formula is C16H13ClN2. The summed E-state index contributed by atoms with van der Waals surface area (Å²) >= 11 is 5.98. The van der Waals surface area contributed by atoms with Gasteiger partial charge in [0.05, 0.1) is 10.6 Å². The summed E-state index contributed by atoms with van der Waals surface area (Å²) in [4.78, 5) is 0. The summed E-state index contributed by atoms with van der Waals surface area (Å²) in [5.41, 5.74) is 3.46. The molecule has 0 atom stereocenters. The standard InChI is InChI=1S/C16H13ClN2/c1-12(13-5-3-2-4-6-13)11-19-15-8-7-14(10-18)16(17)9-15/h2-9,19H,1,11H2. The van der Waals surface area contributed by atoms with Crippen LogP contribution in [0.15, 0.2) is 55.1 Å². The van der Waals surface area contributed by atoms with Crippen molar-refractivity contribution in [1.29, 1.82) is 5.26 Å². The van der Waals surface area contributed by atoms with Gasteiger partial charge in [-0.1, -0.05) is 48.5 Å². The molecule has 0 spiro atoms. The predicted octanol–water partition coefficient (Wildman–Crippen LogP) is 4.34. The lowest BCUT2D eigenvalue weighted by molar-refractivity contribution is 1.34. The Morgan fingerprint density at radius 2 is 1.95 bits per heavy atom. The first-order valence-corrected chi connectivity index (χ1v) is 6.25. The van der Waals surface area contributed by atoms with Crippen LogP contribution in [0.25, 0.3) is 5.57 Å². The molecule has 0 unspecified atom stereocenters. The predicted molar refractivity (Wildman–Crippen MR) is 80.1 cm³/mol. The molecule has 0 aliphatic carbocycles. The highest BCUT2D eigenvalue weighted by Crippen LogP contribution is 2.21. The third kappa shape index (κ3) is 3.37. The molecule has 0 saturated heterocycles. The molecule has 0 saturated carbocycles. The third-order valence-corrected chi connectivity index (χ3v) is 3.09. The lowest BCUT2D eigenvalue weighted by Gasteiger charge is -2.10. The smallest absolute Gasteiger partial charge is 0.101 e. The molecule has 2 rings (SSSR count). The lowest BCUT2D eigenvalue weighted by atomic mass is 10.1. The number of nitriles is 1. The number of halogens is 1. The summed E-state index contributed by atoms with van der Waals surface area (Å²) in [6.07, 6.45) is 0. The number of benzene rings is 2. The largest absolute Gasteiger partial charge is 0.381 e. The van der Waals surface area contributed by atoms with E-state index in [-0.39, 0.29) is 0 Å². The second kappa shape index (κ2) is 6.08. The van der Waals surface area contributed by atoms with Crippen LogP contribution in [0.4, 0.5) is 5.69 Å².